The third kappa shape index (κ3) is 4.79. The van der Waals surface area contributed by atoms with Crippen LogP contribution in [0, 0.1) is 6.92 Å². The summed E-state index contributed by atoms with van der Waals surface area (Å²) in [4.78, 5) is 9.73. The molecule has 0 bridgehead atoms. The van der Waals surface area contributed by atoms with Crippen molar-refractivity contribution in [2.75, 3.05) is 20.1 Å². The molecule has 0 atom stereocenters. The number of benzene rings is 1. The highest BCUT2D eigenvalue weighted by Gasteiger charge is 2.01. The number of nitrogens with one attached hydrogen (secondary N) is 2. The number of aryl methyl sites for hydroxylation is 1. The van der Waals surface area contributed by atoms with Crippen molar-refractivity contribution in [3.8, 4) is 0 Å². The van der Waals surface area contributed by atoms with Gasteiger partial charge in [-0.3, -0.25) is 0 Å². The molecule has 0 amide bonds. The smallest absolute Gasteiger partial charge is 0.0925 e. The van der Waals surface area contributed by atoms with Crippen molar-refractivity contribution in [3.05, 3.63) is 53.6 Å². The lowest BCUT2D eigenvalue weighted by Crippen LogP contribution is -2.24. The summed E-state index contributed by atoms with van der Waals surface area (Å²) in [5.74, 6) is 0. The summed E-state index contributed by atoms with van der Waals surface area (Å²) in [6.07, 6.45) is 2.90. The van der Waals surface area contributed by atoms with E-state index < -0.39 is 0 Å². The number of aromatic amines is 1. The normalized spacial score (nSPS) is 11.2. The highest BCUT2D eigenvalue weighted by Crippen LogP contribution is 2.03. The first-order valence-electron chi connectivity index (χ1n) is 7.18. The average molecular weight is 272 g/mol. The van der Waals surface area contributed by atoms with E-state index in [1.54, 1.807) is 6.33 Å². The molecule has 0 aliphatic heterocycles. The van der Waals surface area contributed by atoms with Gasteiger partial charge in [-0.1, -0.05) is 30.3 Å². The van der Waals surface area contributed by atoms with Crippen LogP contribution < -0.4 is 5.32 Å². The summed E-state index contributed by atoms with van der Waals surface area (Å²) < 4.78 is 0. The van der Waals surface area contributed by atoms with Crippen LogP contribution in [0.4, 0.5) is 0 Å². The van der Waals surface area contributed by atoms with E-state index in [0.717, 1.165) is 44.0 Å². The van der Waals surface area contributed by atoms with Gasteiger partial charge in [-0.05, 0) is 39.0 Å². The third-order valence-corrected chi connectivity index (χ3v) is 3.42. The summed E-state index contributed by atoms with van der Waals surface area (Å²) in [5.41, 5.74) is 3.64. The predicted molar refractivity (Wildman–Crippen MR) is 82.4 cm³/mol. The molecule has 1 aromatic carbocycles. The van der Waals surface area contributed by atoms with Crippen molar-refractivity contribution in [2.45, 2.75) is 26.4 Å². The molecule has 20 heavy (non-hydrogen) atoms. The van der Waals surface area contributed by atoms with Crippen molar-refractivity contribution in [3.63, 3.8) is 0 Å². The summed E-state index contributed by atoms with van der Waals surface area (Å²) in [6.45, 7) is 6.03. The van der Waals surface area contributed by atoms with Crippen LogP contribution in [0.5, 0.6) is 0 Å². The Morgan fingerprint density at radius 3 is 2.75 bits per heavy atom. The molecule has 0 unspecified atom stereocenters. The Kier molecular flexibility index (Phi) is 5.77. The number of nitrogens with zero attached hydrogens (tertiary/aromatic N) is 2. The Morgan fingerprint density at radius 1 is 1.25 bits per heavy atom. The zero-order valence-electron chi connectivity index (χ0n) is 12.4. The number of hydrogen-bond donors (Lipinski definition) is 2. The molecule has 4 nitrogen and oxygen atoms in total. The number of H-pyrrole nitrogens is 1. The van der Waals surface area contributed by atoms with Crippen LogP contribution in [0.3, 0.4) is 0 Å². The summed E-state index contributed by atoms with van der Waals surface area (Å²) in [6, 6.07) is 10.6. The lowest BCUT2D eigenvalue weighted by molar-refractivity contribution is 0.319. The van der Waals surface area contributed by atoms with Gasteiger partial charge < -0.3 is 15.2 Å². The van der Waals surface area contributed by atoms with E-state index in [9.17, 15) is 0 Å². The Morgan fingerprint density at radius 2 is 2.05 bits per heavy atom. The van der Waals surface area contributed by atoms with Crippen LogP contribution in [0.1, 0.15) is 23.4 Å². The molecule has 1 heterocycles. The second kappa shape index (κ2) is 7.82. The molecule has 0 saturated carbocycles. The molecule has 2 rings (SSSR count). The molecule has 0 saturated heterocycles. The van der Waals surface area contributed by atoms with Crippen molar-refractivity contribution in [2.24, 2.45) is 0 Å². The Labute approximate surface area is 121 Å². The number of hydrogen-bond acceptors (Lipinski definition) is 3. The van der Waals surface area contributed by atoms with E-state index in [-0.39, 0.29) is 0 Å². The molecule has 0 aliphatic rings. The topological polar surface area (TPSA) is 44.0 Å². The van der Waals surface area contributed by atoms with Crippen molar-refractivity contribution < 1.29 is 0 Å². The Balaban J connectivity index is 1.58. The van der Waals surface area contributed by atoms with Gasteiger partial charge in [0.25, 0.3) is 0 Å². The van der Waals surface area contributed by atoms with Crippen molar-refractivity contribution in [1.82, 2.24) is 20.2 Å². The summed E-state index contributed by atoms with van der Waals surface area (Å²) in [7, 11) is 2.17. The number of rotatable bonds is 8. The minimum absolute atomic E-state index is 0.845. The van der Waals surface area contributed by atoms with Gasteiger partial charge in [0.2, 0.25) is 0 Å². The maximum absolute atomic E-state index is 4.28. The standard InChI is InChI=1S/C16H24N4/c1-14-16(19-13-18-14)11-17-9-6-10-20(2)12-15-7-4-3-5-8-15/h3-5,7-8,13,17H,6,9-12H2,1-2H3,(H,18,19). The van der Waals surface area contributed by atoms with Gasteiger partial charge in [-0.15, -0.1) is 0 Å². The monoisotopic (exact) mass is 272 g/mol. The predicted octanol–water partition coefficient (Wildman–Crippen LogP) is 2.33. The van der Waals surface area contributed by atoms with Crippen LogP contribution in [0.25, 0.3) is 0 Å². The van der Waals surface area contributed by atoms with Crippen LogP contribution >= 0.6 is 0 Å². The lowest BCUT2D eigenvalue weighted by Gasteiger charge is -2.16. The second-order valence-electron chi connectivity index (χ2n) is 5.23. The molecule has 4 heteroatoms. The highest BCUT2D eigenvalue weighted by atomic mass is 15.1. The zero-order chi connectivity index (χ0) is 14.2. The average Bonchev–Trinajstić information content (AvgIpc) is 2.85. The van der Waals surface area contributed by atoms with Gasteiger partial charge in [-0.2, -0.15) is 0 Å². The summed E-state index contributed by atoms with van der Waals surface area (Å²) >= 11 is 0. The lowest BCUT2D eigenvalue weighted by atomic mass is 10.2. The van der Waals surface area contributed by atoms with Gasteiger partial charge in [0, 0.05) is 18.8 Å². The first-order valence-corrected chi connectivity index (χ1v) is 7.18. The fourth-order valence-electron chi connectivity index (χ4n) is 2.22. The molecule has 108 valence electrons. The zero-order valence-corrected chi connectivity index (χ0v) is 12.4. The van der Waals surface area contributed by atoms with Gasteiger partial charge >= 0.3 is 0 Å². The molecule has 0 aliphatic carbocycles. The largest absolute Gasteiger partial charge is 0.348 e. The SMILES string of the molecule is Cc1[nH]cnc1CNCCCN(C)Cc1ccccc1. The van der Waals surface area contributed by atoms with E-state index in [1.165, 1.54) is 5.56 Å². The fourth-order valence-corrected chi connectivity index (χ4v) is 2.22. The van der Waals surface area contributed by atoms with Gasteiger partial charge in [0.15, 0.2) is 0 Å². The number of imidazole rings is 1. The van der Waals surface area contributed by atoms with Crippen LogP contribution in [0.15, 0.2) is 36.7 Å². The van der Waals surface area contributed by atoms with E-state index in [4.69, 9.17) is 0 Å². The quantitative estimate of drug-likeness (QED) is 0.725. The minimum Gasteiger partial charge on any atom is -0.348 e. The third-order valence-electron chi connectivity index (χ3n) is 3.42. The van der Waals surface area contributed by atoms with E-state index in [1.807, 2.05) is 0 Å². The van der Waals surface area contributed by atoms with Crippen molar-refractivity contribution in [1.29, 1.82) is 0 Å². The van der Waals surface area contributed by atoms with E-state index in [0.29, 0.717) is 0 Å². The fraction of sp³-hybridized carbons (Fsp3) is 0.438. The maximum Gasteiger partial charge on any atom is 0.0925 e. The van der Waals surface area contributed by atoms with Crippen LogP contribution in [0.2, 0.25) is 0 Å². The first-order chi connectivity index (χ1) is 9.75. The Hall–Kier alpha value is -1.65. The molecule has 0 radical (unpaired) electrons. The molecule has 2 aromatic rings. The number of aromatic nitrogens is 2. The van der Waals surface area contributed by atoms with Gasteiger partial charge in [0.1, 0.15) is 0 Å². The molecule has 2 N–H and O–H groups in total. The highest BCUT2D eigenvalue weighted by molar-refractivity contribution is 5.14. The molecule has 1 aromatic heterocycles. The van der Waals surface area contributed by atoms with Crippen LogP contribution in [-0.4, -0.2) is 35.0 Å². The molecule has 0 spiro atoms. The second-order valence-corrected chi connectivity index (χ2v) is 5.23. The minimum atomic E-state index is 0.845. The molecular formula is C16H24N4. The Bertz CT molecular complexity index is 492. The summed E-state index contributed by atoms with van der Waals surface area (Å²) in [5, 5.41) is 3.44. The molecular weight excluding hydrogens is 248 g/mol. The van der Waals surface area contributed by atoms with E-state index >= 15 is 0 Å². The molecule has 0 fully saturated rings. The maximum atomic E-state index is 4.28. The van der Waals surface area contributed by atoms with Crippen molar-refractivity contribution >= 4 is 0 Å². The first kappa shape index (κ1) is 14.8. The van der Waals surface area contributed by atoms with Crippen LogP contribution in [-0.2, 0) is 13.1 Å². The van der Waals surface area contributed by atoms with Gasteiger partial charge in [0.05, 0.1) is 12.0 Å². The van der Waals surface area contributed by atoms with E-state index in [2.05, 4.69) is 64.5 Å². The van der Waals surface area contributed by atoms with Gasteiger partial charge in [-0.25, -0.2) is 4.98 Å².